The number of carbonyl (C=O) groups excluding carboxylic acids is 1. The summed E-state index contributed by atoms with van der Waals surface area (Å²) in [6.07, 6.45) is -0.923. The molecule has 1 N–H and O–H groups in total. The van der Waals surface area contributed by atoms with E-state index < -0.39 is 18.2 Å². The zero-order chi connectivity index (χ0) is 14.4. The Kier molecular flexibility index (Phi) is 6.12. The number of benzene rings is 1. The van der Waals surface area contributed by atoms with Crippen molar-refractivity contribution in [1.82, 2.24) is 0 Å². The number of carbonyl (C=O) groups is 1. The first-order chi connectivity index (χ1) is 8.99. The lowest BCUT2D eigenvalue weighted by molar-refractivity contribution is -0.151. The minimum absolute atomic E-state index is 0.308. The second-order valence-electron chi connectivity index (χ2n) is 4.12. The SMILES string of the molecule is CCOC(=O)C(CC)Oc1ccc(Cl)cc1[C@H](C)O. The molecule has 1 aromatic rings. The largest absolute Gasteiger partial charge is 0.478 e. The Balaban J connectivity index is 2.93. The minimum Gasteiger partial charge on any atom is -0.478 e. The van der Waals surface area contributed by atoms with E-state index in [2.05, 4.69) is 0 Å². The molecular weight excluding hydrogens is 268 g/mol. The molecule has 0 saturated carbocycles. The molecule has 1 aromatic carbocycles. The predicted molar refractivity (Wildman–Crippen MR) is 73.4 cm³/mol. The summed E-state index contributed by atoms with van der Waals surface area (Å²) in [5.74, 6) is 0.0378. The smallest absolute Gasteiger partial charge is 0.347 e. The number of ether oxygens (including phenoxy) is 2. The van der Waals surface area contributed by atoms with E-state index in [1.54, 1.807) is 32.0 Å². The van der Waals surface area contributed by atoms with Crippen LogP contribution >= 0.6 is 11.6 Å². The first-order valence-electron chi connectivity index (χ1n) is 6.30. The Morgan fingerprint density at radius 1 is 1.42 bits per heavy atom. The summed E-state index contributed by atoms with van der Waals surface area (Å²) >= 11 is 5.89. The second kappa shape index (κ2) is 7.36. The van der Waals surface area contributed by atoms with Crippen molar-refractivity contribution < 1.29 is 19.4 Å². The first-order valence-corrected chi connectivity index (χ1v) is 6.68. The Hall–Kier alpha value is -1.26. The Labute approximate surface area is 118 Å². The zero-order valence-electron chi connectivity index (χ0n) is 11.4. The highest BCUT2D eigenvalue weighted by Gasteiger charge is 2.21. The molecule has 106 valence electrons. The standard InChI is InChI=1S/C14H19ClO4/c1-4-12(14(17)18-5-2)19-13-7-6-10(15)8-11(13)9(3)16/h6-9,12,16H,4-5H2,1-3H3/t9-,12?/m0/s1. The van der Waals surface area contributed by atoms with Crippen LogP contribution in [0.3, 0.4) is 0 Å². The van der Waals surface area contributed by atoms with E-state index in [4.69, 9.17) is 21.1 Å². The molecule has 0 bridgehead atoms. The van der Waals surface area contributed by atoms with Gasteiger partial charge in [0.15, 0.2) is 6.10 Å². The predicted octanol–water partition coefficient (Wildman–Crippen LogP) is 3.11. The topological polar surface area (TPSA) is 55.8 Å². The highest BCUT2D eigenvalue weighted by Crippen LogP contribution is 2.29. The molecule has 0 fully saturated rings. The van der Waals surface area contributed by atoms with E-state index in [1.165, 1.54) is 0 Å². The summed E-state index contributed by atoms with van der Waals surface area (Å²) in [6, 6.07) is 4.92. The van der Waals surface area contributed by atoms with Crippen molar-refractivity contribution in [3.63, 3.8) is 0 Å². The fourth-order valence-corrected chi connectivity index (χ4v) is 1.82. The Morgan fingerprint density at radius 3 is 2.63 bits per heavy atom. The molecule has 1 rings (SSSR count). The molecule has 2 atom stereocenters. The van der Waals surface area contributed by atoms with Gasteiger partial charge in [-0.25, -0.2) is 4.79 Å². The van der Waals surface area contributed by atoms with Crippen molar-refractivity contribution >= 4 is 17.6 Å². The van der Waals surface area contributed by atoms with Gasteiger partial charge in [-0.3, -0.25) is 0 Å². The van der Waals surface area contributed by atoms with Crippen LogP contribution < -0.4 is 4.74 Å². The molecule has 4 nitrogen and oxygen atoms in total. The van der Waals surface area contributed by atoms with E-state index in [0.29, 0.717) is 29.4 Å². The molecule has 0 spiro atoms. The number of rotatable bonds is 6. The lowest BCUT2D eigenvalue weighted by Crippen LogP contribution is -2.29. The molecule has 0 saturated heterocycles. The van der Waals surface area contributed by atoms with E-state index in [1.807, 2.05) is 6.92 Å². The van der Waals surface area contributed by atoms with Crippen LogP contribution in [0.5, 0.6) is 5.75 Å². The molecule has 0 heterocycles. The number of aliphatic hydroxyl groups excluding tert-OH is 1. The van der Waals surface area contributed by atoms with Gasteiger partial charge in [0.25, 0.3) is 0 Å². The zero-order valence-corrected chi connectivity index (χ0v) is 12.1. The maximum Gasteiger partial charge on any atom is 0.347 e. The van der Waals surface area contributed by atoms with Crippen molar-refractivity contribution in [3.05, 3.63) is 28.8 Å². The lowest BCUT2D eigenvalue weighted by atomic mass is 10.1. The Morgan fingerprint density at radius 2 is 2.11 bits per heavy atom. The van der Waals surface area contributed by atoms with Gasteiger partial charge in [0.05, 0.1) is 12.7 Å². The number of hydrogen-bond acceptors (Lipinski definition) is 4. The van der Waals surface area contributed by atoms with Gasteiger partial charge in [-0.05, 0) is 38.5 Å². The van der Waals surface area contributed by atoms with E-state index in [-0.39, 0.29) is 0 Å². The van der Waals surface area contributed by atoms with Crippen LogP contribution in [-0.2, 0) is 9.53 Å². The van der Waals surface area contributed by atoms with Crippen LogP contribution in [0, 0.1) is 0 Å². The molecule has 19 heavy (non-hydrogen) atoms. The summed E-state index contributed by atoms with van der Waals surface area (Å²) in [7, 11) is 0. The maximum absolute atomic E-state index is 11.7. The van der Waals surface area contributed by atoms with Crippen LogP contribution in [-0.4, -0.2) is 23.8 Å². The van der Waals surface area contributed by atoms with Gasteiger partial charge in [-0.15, -0.1) is 0 Å². The fraction of sp³-hybridized carbons (Fsp3) is 0.500. The molecule has 1 unspecified atom stereocenters. The summed E-state index contributed by atoms with van der Waals surface area (Å²) in [6.45, 7) is 5.50. The van der Waals surface area contributed by atoms with Crippen molar-refractivity contribution in [3.8, 4) is 5.75 Å². The van der Waals surface area contributed by atoms with Crippen LogP contribution in [0.4, 0.5) is 0 Å². The quantitative estimate of drug-likeness (QED) is 0.817. The van der Waals surface area contributed by atoms with E-state index in [9.17, 15) is 9.90 Å². The molecule has 0 radical (unpaired) electrons. The average Bonchev–Trinajstić information content (AvgIpc) is 2.37. The summed E-state index contributed by atoms with van der Waals surface area (Å²) in [5, 5.41) is 10.2. The minimum atomic E-state index is -0.728. The van der Waals surface area contributed by atoms with Crippen molar-refractivity contribution in [2.24, 2.45) is 0 Å². The molecule has 5 heteroatoms. The van der Waals surface area contributed by atoms with Crippen LogP contribution in [0.1, 0.15) is 38.9 Å². The van der Waals surface area contributed by atoms with Gasteiger partial charge in [-0.1, -0.05) is 18.5 Å². The molecule has 0 aromatic heterocycles. The van der Waals surface area contributed by atoms with Gasteiger partial charge >= 0.3 is 5.97 Å². The van der Waals surface area contributed by atoms with Gasteiger partial charge in [0.2, 0.25) is 0 Å². The normalized spacial score (nSPS) is 13.7. The molecule has 0 aliphatic rings. The number of hydrogen-bond donors (Lipinski definition) is 1. The van der Waals surface area contributed by atoms with Crippen molar-refractivity contribution in [2.45, 2.75) is 39.4 Å². The summed E-state index contributed by atoms with van der Waals surface area (Å²) in [4.78, 5) is 11.7. The lowest BCUT2D eigenvalue weighted by Gasteiger charge is -2.19. The fourth-order valence-electron chi connectivity index (χ4n) is 1.64. The monoisotopic (exact) mass is 286 g/mol. The van der Waals surface area contributed by atoms with Gasteiger partial charge in [0.1, 0.15) is 5.75 Å². The number of halogens is 1. The highest BCUT2D eigenvalue weighted by molar-refractivity contribution is 6.30. The van der Waals surface area contributed by atoms with Crippen LogP contribution in [0.15, 0.2) is 18.2 Å². The maximum atomic E-state index is 11.7. The summed E-state index contributed by atoms with van der Waals surface area (Å²) in [5.41, 5.74) is 0.551. The van der Waals surface area contributed by atoms with Gasteiger partial charge in [-0.2, -0.15) is 0 Å². The highest BCUT2D eigenvalue weighted by atomic mass is 35.5. The number of aliphatic hydroxyl groups is 1. The third-order valence-corrected chi connectivity index (χ3v) is 2.85. The van der Waals surface area contributed by atoms with Crippen molar-refractivity contribution in [2.75, 3.05) is 6.61 Å². The molecular formula is C14H19ClO4. The second-order valence-corrected chi connectivity index (χ2v) is 4.56. The molecule has 0 aliphatic carbocycles. The number of esters is 1. The molecule has 0 amide bonds. The third-order valence-electron chi connectivity index (χ3n) is 2.61. The average molecular weight is 287 g/mol. The van der Waals surface area contributed by atoms with Crippen LogP contribution in [0.2, 0.25) is 5.02 Å². The van der Waals surface area contributed by atoms with Crippen molar-refractivity contribution in [1.29, 1.82) is 0 Å². The third kappa shape index (κ3) is 4.40. The van der Waals surface area contributed by atoms with Gasteiger partial charge < -0.3 is 14.6 Å². The van der Waals surface area contributed by atoms with Crippen LogP contribution in [0.25, 0.3) is 0 Å². The van der Waals surface area contributed by atoms with Gasteiger partial charge in [0, 0.05) is 10.6 Å². The van der Waals surface area contributed by atoms with E-state index in [0.717, 1.165) is 0 Å². The van der Waals surface area contributed by atoms with E-state index >= 15 is 0 Å². The molecule has 0 aliphatic heterocycles. The summed E-state index contributed by atoms with van der Waals surface area (Å²) < 4.78 is 10.6. The first kappa shape index (κ1) is 15.8. The Bertz CT molecular complexity index is 431.